The summed E-state index contributed by atoms with van der Waals surface area (Å²) in [5.74, 6) is -2.45. The highest BCUT2D eigenvalue weighted by molar-refractivity contribution is 6.30. The number of hydrogen-bond acceptors (Lipinski definition) is 8. The highest BCUT2D eigenvalue weighted by atomic mass is 35.5. The lowest BCUT2D eigenvalue weighted by molar-refractivity contribution is -0.356. The summed E-state index contributed by atoms with van der Waals surface area (Å²) in [4.78, 5) is 0. The minimum absolute atomic E-state index is 0.0307. The third-order valence-electron chi connectivity index (χ3n) is 8.40. The summed E-state index contributed by atoms with van der Waals surface area (Å²) >= 11 is 5.64. The first-order chi connectivity index (χ1) is 18.9. The van der Waals surface area contributed by atoms with E-state index < -0.39 is 70.9 Å². The van der Waals surface area contributed by atoms with Gasteiger partial charge in [-0.2, -0.15) is 13.2 Å². The second-order valence-corrected chi connectivity index (χ2v) is 11.2. The van der Waals surface area contributed by atoms with Crippen molar-refractivity contribution in [1.29, 1.82) is 0 Å². The molecule has 216 valence electrons. The number of benzene rings is 1. The predicted molar refractivity (Wildman–Crippen MR) is 126 cm³/mol. The maximum atomic E-state index is 14.5. The van der Waals surface area contributed by atoms with Gasteiger partial charge in [-0.3, -0.25) is 0 Å². The molecule has 16 heteroatoms. The third-order valence-corrected chi connectivity index (χ3v) is 8.70. The van der Waals surface area contributed by atoms with E-state index in [0.717, 1.165) is 0 Å². The monoisotopic (exact) mass is 590 g/mol. The Morgan fingerprint density at radius 2 is 1.82 bits per heavy atom. The first kappa shape index (κ1) is 27.4. The van der Waals surface area contributed by atoms with E-state index in [1.807, 2.05) is 0 Å². The highest BCUT2D eigenvalue weighted by Gasteiger charge is 2.79. The zero-order valence-electron chi connectivity index (χ0n) is 20.9. The highest BCUT2D eigenvalue weighted by Crippen LogP contribution is 2.76. The molecule has 3 aromatic rings. The van der Waals surface area contributed by atoms with Gasteiger partial charge in [-0.15, -0.1) is 10.2 Å². The number of methoxy groups -OCH3 is 1. The van der Waals surface area contributed by atoms with Crippen LogP contribution in [0.2, 0.25) is 5.02 Å². The van der Waals surface area contributed by atoms with Gasteiger partial charge >= 0.3 is 6.18 Å². The third kappa shape index (κ3) is 4.04. The summed E-state index contributed by atoms with van der Waals surface area (Å²) < 4.78 is 82.6. The van der Waals surface area contributed by atoms with Gasteiger partial charge in [-0.25, -0.2) is 18.1 Å². The van der Waals surface area contributed by atoms with Gasteiger partial charge in [0.1, 0.15) is 30.0 Å². The summed E-state index contributed by atoms with van der Waals surface area (Å²) in [5.41, 5.74) is -2.15. The van der Waals surface area contributed by atoms with E-state index in [-0.39, 0.29) is 36.9 Å². The first-order valence-corrected chi connectivity index (χ1v) is 12.8. The minimum atomic E-state index is -4.25. The van der Waals surface area contributed by atoms with Crippen LogP contribution in [0.4, 0.5) is 22.0 Å². The maximum absolute atomic E-state index is 14.5. The Labute approximate surface area is 228 Å². The summed E-state index contributed by atoms with van der Waals surface area (Å²) in [6, 6.07) is 1.45. The Balaban J connectivity index is 1.23. The van der Waals surface area contributed by atoms with E-state index in [1.165, 1.54) is 34.8 Å². The Hall–Kier alpha value is -2.72. The van der Waals surface area contributed by atoms with Gasteiger partial charge in [-0.1, -0.05) is 22.0 Å². The van der Waals surface area contributed by atoms with Crippen LogP contribution in [0.3, 0.4) is 0 Å². The normalized spacial score (nSPS) is 33.5. The topological polar surface area (TPSA) is 120 Å². The Bertz CT molecular complexity index is 1410. The lowest BCUT2D eigenvalue weighted by atomic mass is 9.39. The number of aliphatic hydroxyl groups excluding tert-OH is 2. The molecule has 4 fully saturated rings. The van der Waals surface area contributed by atoms with Crippen molar-refractivity contribution in [3.8, 4) is 11.3 Å². The fourth-order valence-electron chi connectivity index (χ4n) is 6.31. The van der Waals surface area contributed by atoms with Gasteiger partial charge in [0.25, 0.3) is 0 Å². The van der Waals surface area contributed by atoms with Crippen LogP contribution in [-0.2, 0) is 21.4 Å². The number of hydrogen-bond donors (Lipinski definition) is 2. The van der Waals surface area contributed by atoms with Gasteiger partial charge < -0.3 is 19.7 Å². The molecule has 2 bridgehead atoms. The van der Waals surface area contributed by atoms with E-state index in [4.69, 9.17) is 21.1 Å². The standard InChI is InChI=1S/C24H24ClF5N6O4/c1-39-21-15(4-11-5-36(34-31-11)23-8-22(9-23,10-23)24(28,29)30)40-16(7-37)20(38)19(21)35-6-14(32-33-35)12-2-3-13(25)18(27)17(12)26/h2-3,5-6,15-16,19-21,37-38H,4,7-10H2,1H3/t15-,16-,19+,20+,21+,22?,23?/m1/s1. The number of alkyl halides is 3. The molecule has 1 saturated heterocycles. The molecule has 1 aromatic carbocycles. The van der Waals surface area contributed by atoms with Crippen molar-refractivity contribution in [3.05, 3.63) is 46.9 Å². The minimum Gasteiger partial charge on any atom is -0.394 e. The molecule has 10 nitrogen and oxygen atoms in total. The molecular weight excluding hydrogens is 567 g/mol. The molecule has 3 heterocycles. The van der Waals surface area contributed by atoms with Crippen LogP contribution in [0.1, 0.15) is 31.0 Å². The summed E-state index contributed by atoms with van der Waals surface area (Å²) in [6.07, 6.45) is -5.48. The summed E-state index contributed by atoms with van der Waals surface area (Å²) in [5, 5.41) is 36.6. The fourth-order valence-corrected chi connectivity index (χ4v) is 6.45. The SMILES string of the molecule is CO[C@@H]1[C@@H](n2cc(-c3ccc(Cl)c(F)c3F)nn2)[C@@H](O)[C@@H](CO)O[C@@H]1Cc1cn(C23CC(C(F)(F)F)(C2)C3)nn1. The van der Waals surface area contributed by atoms with Crippen molar-refractivity contribution in [2.75, 3.05) is 13.7 Å². The van der Waals surface area contributed by atoms with Crippen LogP contribution in [0.5, 0.6) is 0 Å². The van der Waals surface area contributed by atoms with Crippen LogP contribution >= 0.6 is 11.6 Å². The van der Waals surface area contributed by atoms with Crippen LogP contribution in [0.25, 0.3) is 11.3 Å². The molecule has 2 aromatic heterocycles. The average Bonchev–Trinajstić information content (AvgIpc) is 3.51. The number of aliphatic hydroxyl groups is 2. The predicted octanol–water partition coefficient (Wildman–Crippen LogP) is 2.83. The second-order valence-electron chi connectivity index (χ2n) is 10.8. The quantitative estimate of drug-likeness (QED) is 0.318. The van der Waals surface area contributed by atoms with Crippen LogP contribution in [-0.4, -0.2) is 84.5 Å². The molecule has 3 aliphatic carbocycles. The molecule has 4 aliphatic rings. The lowest BCUT2D eigenvalue weighted by Gasteiger charge is -2.69. The van der Waals surface area contributed by atoms with Crippen LogP contribution < -0.4 is 0 Å². The van der Waals surface area contributed by atoms with Crippen molar-refractivity contribution in [1.82, 2.24) is 30.0 Å². The number of nitrogens with zero attached hydrogens (tertiary/aromatic N) is 6. The van der Waals surface area contributed by atoms with Crippen molar-refractivity contribution in [2.45, 2.75) is 67.9 Å². The summed E-state index contributed by atoms with van der Waals surface area (Å²) in [6.45, 7) is -0.557. The van der Waals surface area contributed by atoms with Gasteiger partial charge in [0, 0.05) is 25.3 Å². The van der Waals surface area contributed by atoms with E-state index in [1.54, 1.807) is 6.20 Å². The van der Waals surface area contributed by atoms with Crippen LogP contribution in [0.15, 0.2) is 24.5 Å². The van der Waals surface area contributed by atoms with Crippen molar-refractivity contribution in [3.63, 3.8) is 0 Å². The molecule has 3 saturated carbocycles. The molecule has 2 N–H and O–H groups in total. The van der Waals surface area contributed by atoms with E-state index in [0.29, 0.717) is 5.69 Å². The smallest absolute Gasteiger partial charge is 0.394 e. The van der Waals surface area contributed by atoms with E-state index in [9.17, 15) is 32.2 Å². The Morgan fingerprint density at radius 3 is 2.48 bits per heavy atom. The zero-order valence-corrected chi connectivity index (χ0v) is 21.6. The lowest BCUT2D eigenvalue weighted by Crippen LogP contribution is -2.73. The molecule has 0 amide bonds. The van der Waals surface area contributed by atoms with Gasteiger partial charge in [0.15, 0.2) is 11.6 Å². The van der Waals surface area contributed by atoms with E-state index >= 15 is 0 Å². The largest absolute Gasteiger partial charge is 0.394 e. The number of halogens is 6. The van der Waals surface area contributed by atoms with Crippen molar-refractivity contribution in [2.24, 2.45) is 5.41 Å². The van der Waals surface area contributed by atoms with Crippen LogP contribution in [0, 0.1) is 17.0 Å². The van der Waals surface area contributed by atoms with Gasteiger partial charge in [-0.05, 0) is 31.4 Å². The zero-order chi connectivity index (χ0) is 28.6. The molecule has 0 radical (unpaired) electrons. The molecule has 0 unspecified atom stereocenters. The Kier molecular flexibility index (Phi) is 6.46. The maximum Gasteiger partial charge on any atom is 0.394 e. The number of ether oxygens (including phenoxy) is 2. The average molecular weight is 591 g/mol. The molecule has 7 rings (SSSR count). The van der Waals surface area contributed by atoms with Crippen molar-refractivity contribution >= 4 is 11.6 Å². The van der Waals surface area contributed by atoms with Gasteiger partial charge in [0.2, 0.25) is 0 Å². The molecule has 5 atom stereocenters. The first-order valence-electron chi connectivity index (χ1n) is 12.4. The van der Waals surface area contributed by atoms with Gasteiger partial charge in [0.05, 0.1) is 40.6 Å². The summed E-state index contributed by atoms with van der Waals surface area (Å²) in [7, 11) is 1.38. The Morgan fingerprint density at radius 1 is 1.10 bits per heavy atom. The molecule has 40 heavy (non-hydrogen) atoms. The van der Waals surface area contributed by atoms with Crippen molar-refractivity contribution < 1.29 is 41.6 Å². The van der Waals surface area contributed by atoms with E-state index in [2.05, 4.69) is 20.6 Å². The molecule has 1 aliphatic heterocycles. The number of aromatic nitrogens is 6. The second kappa shape index (κ2) is 9.41. The fraction of sp³-hybridized carbons (Fsp3) is 0.583. The number of rotatable bonds is 7. The molecule has 0 spiro atoms. The molecular formula is C24H24ClF5N6O4.